The van der Waals surface area contributed by atoms with E-state index in [1.165, 1.54) is 42.6 Å². The Morgan fingerprint density at radius 1 is 0.304 bits per heavy atom. The van der Waals surface area contributed by atoms with Gasteiger partial charge >= 0.3 is 0 Å². The van der Waals surface area contributed by atoms with Crippen LogP contribution in [0.4, 0.5) is 0 Å². The highest BCUT2D eigenvalue weighted by Crippen LogP contribution is 2.38. The van der Waals surface area contributed by atoms with Crippen molar-refractivity contribution in [3.05, 3.63) is 255 Å². The van der Waals surface area contributed by atoms with Crippen LogP contribution in [0.15, 0.2) is 259 Å². The molecule has 324 valence electrons. The molecule has 3 heterocycles. The van der Waals surface area contributed by atoms with Crippen LogP contribution < -0.4 is 20.7 Å². The highest BCUT2D eigenvalue weighted by atomic mass is 28.3. The first-order chi connectivity index (χ1) is 34.2. The number of aromatic nitrogens is 4. The second-order valence-corrected chi connectivity index (χ2v) is 21.3. The Bertz CT molecular complexity index is 3830. The molecule has 0 aliphatic heterocycles. The van der Waals surface area contributed by atoms with Crippen molar-refractivity contribution in [2.45, 2.75) is 0 Å². The van der Waals surface area contributed by atoms with E-state index in [1.807, 2.05) is 18.2 Å². The summed E-state index contributed by atoms with van der Waals surface area (Å²) in [6.07, 6.45) is 0. The highest BCUT2D eigenvalue weighted by Gasteiger charge is 2.41. The summed E-state index contributed by atoms with van der Waals surface area (Å²) in [7, 11) is -2.74. The molecule has 0 unspecified atom stereocenters. The minimum absolute atomic E-state index is 0.602. The largest absolute Gasteiger partial charge is 0.456 e. The molecule has 0 atom stereocenters. The SMILES string of the molecule is c1ccc([Si](c2ccccc2)(c2ccccc2)c2ccc(-c3nc(-c4ccc(-c5cccc6oc7ccccc7c56)cc4)nc(-c4ccc(-n5c6ccccc6c6ccccc65)cc4)n3)cc2)cc1. The molecule has 13 aromatic rings. The van der Waals surface area contributed by atoms with Gasteiger partial charge in [-0.2, -0.15) is 0 Å². The minimum Gasteiger partial charge on any atom is -0.456 e. The second kappa shape index (κ2) is 16.7. The Labute approximate surface area is 400 Å². The molecular weight excluding hydrogens is 857 g/mol. The van der Waals surface area contributed by atoms with Gasteiger partial charge in [0, 0.05) is 43.9 Å². The van der Waals surface area contributed by atoms with E-state index in [4.69, 9.17) is 19.4 Å². The molecule has 10 aromatic carbocycles. The lowest BCUT2D eigenvalue weighted by Gasteiger charge is -2.34. The average Bonchev–Trinajstić information content (AvgIpc) is 3.98. The first-order valence-corrected chi connectivity index (χ1v) is 25.3. The molecule has 5 nitrogen and oxygen atoms in total. The van der Waals surface area contributed by atoms with Crippen LogP contribution in [-0.4, -0.2) is 27.6 Å². The molecule has 6 heteroatoms. The van der Waals surface area contributed by atoms with Crippen LogP contribution in [0.25, 0.3) is 94.7 Å². The Morgan fingerprint density at radius 3 is 1.22 bits per heavy atom. The number of hydrogen-bond donors (Lipinski definition) is 0. The molecular formula is C63H42N4OSi. The van der Waals surface area contributed by atoms with Crippen LogP contribution in [-0.2, 0) is 0 Å². The van der Waals surface area contributed by atoms with Gasteiger partial charge in [-0.25, -0.2) is 15.0 Å². The van der Waals surface area contributed by atoms with E-state index in [9.17, 15) is 0 Å². The molecule has 0 N–H and O–H groups in total. The lowest BCUT2D eigenvalue weighted by molar-refractivity contribution is 0.669. The summed E-state index contributed by atoms with van der Waals surface area (Å²) in [6.45, 7) is 0. The number of para-hydroxylation sites is 3. The Morgan fingerprint density at radius 2 is 0.696 bits per heavy atom. The van der Waals surface area contributed by atoms with Gasteiger partial charge in [0.05, 0.1) is 11.0 Å². The van der Waals surface area contributed by atoms with Crippen LogP contribution >= 0.6 is 0 Å². The summed E-state index contributed by atoms with van der Waals surface area (Å²) in [5, 5.41) is 9.92. The molecule has 0 bridgehead atoms. The van der Waals surface area contributed by atoms with Crippen LogP contribution in [0, 0.1) is 0 Å². The predicted molar refractivity (Wildman–Crippen MR) is 287 cm³/mol. The summed E-state index contributed by atoms with van der Waals surface area (Å²) in [5.41, 5.74) is 10.1. The smallest absolute Gasteiger partial charge is 0.179 e. The van der Waals surface area contributed by atoms with Gasteiger partial charge < -0.3 is 8.98 Å². The second-order valence-electron chi connectivity index (χ2n) is 17.5. The van der Waals surface area contributed by atoms with Gasteiger partial charge in [0.1, 0.15) is 11.2 Å². The predicted octanol–water partition coefficient (Wildman–Crippen LogP) is 12.9. The number of furan rings is 1. The topological polar surface area (TPSA) is 56.7 Å². The molecule has 13 rings (SSSR count). The molecule has 0 aliphatic carbocycles. The van der Waals surface area contributed by atoms with E-state index in [-0.39, 0.29) is 0 Å². The molecule has 0 saturated carbocycles. The lowest BCUT2D eigenvalue weighted by Crippen LogP contribution is -2.74. The van der Waals surface area contributed by atoms with Crippen molar-refractivity contribution < 1.29 is 4.42 Å². The zero-order chi connectivity index (χ0) is 45.7. The van der Waals surface area contributed by atoms with Crippen LogP contribution in [0.1, 0.15) is 0 Å². The maximum Gasteiger partial charge on any atom is 0.179 e. The van der Waals surface area contributed by atoms with E-state index in [1.54, 1.807) is 0 Å². The third kappa shape index (κ3) is 6.80. The first kappa shape index (κ1) is 40.3. The monoisotopic (exact) mass is 898 g/mol. The molecule has 0 aliphatic rings. The normalized spacial score (nSPS) is 11.8. The minimum atomic E-state index is -2.74. The third-order valence-corrected chi connectivity index (χ3v) is 18.4. The third-order valence-electron chi connectivity index (χ3n) is 13.7. The standard InChI is InChI=1S/C63H42N4OSi/c1-4-17-48(18-5-1)69(49-19-6-2-7-20-49,50-21-8-3-9-22-50)51-41-37-46(38-42-51)63-65-61(44-33-31-43(32-34-44)52-26-16-30-59-60(52)55-25-12-15-29-58(55)68-59)64-62(66-63)45-35-39-47(40-36-45)67-56-27-13-10-23-53(56)54-24-11-14-28-57(54)67/h1-42H. The Balaban J connectivity index is 0.944. The summed E-state index contributed by atoms with van der Waals surface area (Å²) >= 11 is 0. The quantitative estimate of drug-likeness (QED) is 0.107. The zero-order valence-corrected chi connectivity index (χ0v) is 38.4. The number of hydrogen-bond acceptors (Lipinski definition) is 4. The van der Waals surface area contributed by atoms with Gasteiger partial charge in [-0.15, -0.1) is 0 Å². The van der Waals surface area contributed by atoms with E-state index in [0.717, 1.165) is 55.4 Å². The fourth-order valence-electron chi connectivity index (χ4n) is 10.5. The van der Waals surface area contributed by atoms with Gasteiger partial charge in [0.15, 0.2) is 25.5 Å². The van der Waals surface area contributed by atoms with E-state index >= 15 is 0 Å². The van der Waals surface area contributed by atoms with Crippen molar-refractivity contribution in [3.63, 3.8) is 0 Å². The Kier molecular flexibility index (Phi) is 9.77. The molecule has 0 fully saturated rings. The van der Waals surface area contributed by atoms with Crippen molar-refractivity contribution in [3.8, 4) is 51.0 Å². The Hall–Kier alpha value is -8.97. The van der Waals surface area contributed by atoms with Gasteiger partial charge in [-0.05, 0) is 80.4 Å². The number of nitrogens with zero attached hydrogens (tertiary/aromatic N) is 4. The van der Waals surface area contributed by atoms with Crippen LogP contribution in [0.2, 0.25) is 0 Å². The molecule has 69 heavy (non-hydrogen) atoms. The first-order valence-electron chi connectivity index (χ1n) is 23.3. The highest BCUT2D eigenvalue weighted by molar-refractivity contribution is 7.19. The van der Waals surface area contributed by atoms with Gasteiger partial charge in [-0.3, -0.25) is 0 Å². The zero-order valence-electron chi connectivity index (χ0n) is 37.4. The van der Waals surface area contributed by atoms with Crippen molar-refractivity contribution in [1.29, 1.82) is 0 Å². The molecule has 3 aromatic heterocycles. The summed E-state index contributed by atoms with van der Waals surface area (Å²) in [5.74, 6) is 1.82. The summed E-state index contributed by atoms with van der Waals surface area (Å²) in [6, 6.07) is 90.8. The van der Waals surface area contributed by atoms with Crippen LogP contribution in [0.3, 0.4) is 0 Å². The molecule has 0 amide bonds. The van der Waals surface area contributed by atoms with E-state index in [0.29, 0.717) is 17.5 Å². The number of fused-ring (bicyclic) bond motifs is 6. The van der Waals surface area contributed by atoms with Crippen molar-refractivity contribution in [2.75, 3.05) is 0 Å². The molecule has 0 saturated heterocycles. The summed E-state index contributed by atoms with van der Waals surface area (Å²) < 4.78 is 8.58. The van der Waals surface area contributed by atoms with Crippen molar-refractivity contribution in [1.82, 2.24) is 19.5 Å². The van der Waals surface area contributed by atoms with Gasteiger partial charge in [0.25, 0.3) is 0 Å². The van der Waals surface area contributed by atoms with Crippen molar-refractivity contribution >= 4 is 72.6 Å². The average molecular weight is 899 g/mol. The van der Waals surface area contributed by atoms with Gasteiger partial charge in [-0.1, -0.05) is 206 Å². The van der Waals surface area contributed by atoms with Crippen molar-refractivity contribution in [2.24, 2.45) is 0 Å². The van der Waals surface area contributed by atoms with E-state index < -0.39 is 8.07 Å². The molecule has 0 spiro atoms. The van der Waals surface area contributed by atoms with Gasteiger partial charge in [0.2, 0.25) is 0 Å². The maximum atomic E-state index is 6.25. The maximum absolute atomic E-state index is 6.25. The fraction of sp³-hybridized carbons (Fsp3) is 0. The molecule has 0 radical (unpaired) electrons. The van der Waals surface area contributed by atoms with Crippen LogP contribution in [0.5, 0.6) is 0 Å². The summed E-state index contributed by atoms with van der Waals surface area (Å²) in [4.78, 5) is 15.7. The lowest BCUT2D eigenvalue weighted by atomic mass is 9.98. The number of benzene rings is 10. The fourth-order valence-corrected chi connectivity index (χ4v) is 15.2. The van der Waals surface area contributed by atoms with E-state index in [2.05, 4.69) is 241 Å². The number of rotatable bonds is 9.